The topological polar surface area (TPSA) is 68.3 Å². The Morgan fingerprint density at radius 1 is 0.829 bits per heavy atom. The molecule has 0 spiro atoms. The van der Waals surface area contributed by atoms with Gasteiger partial charge in [-0.05, 0) is 53.6 Å². The molecular formula is C24H16F6N2O3. The van der Waals surface area contributed by atoms with Crippen LogP contribution in [0.15, 0.2) is 60.8 Å². The van der Waals surface area contributed by atoms with E-state index in [0.29, 0.717) is 23.5 Å². The first-order valence-electron chi connectivity index (χ1n) is 9.85. The Balaban J connectivity index is 1.75. The summed E-state index contributed by atoms with van der Waals surface area (Å²) in [6.07, 6.45) is -5.24. The van der Waals surface area contributed by atoms with Crippen LogP contribution in [0.2, 0.25) is 0 Å². The Labute approximate surface area is 195 Å². The average molecular weight is 494 g/mol. The third kappa shape index (κ3) is 7.16. The van der Waals surface area contributed by atoms with E-state index < -0.39 is 35.0 Å². The predicted octanol–water partition coefficient (Wildman–Crippen LogP) is 6.47. The van der Waals surface area contributed by atoms with Gasteiger partial charge in [0.15, 0.2) is 0 Å². The minimum absolute atomic E-state index is 0.0696. The Hall–Kier alpha value is -4.15. The number of nitrogens with one attached hydrogen (secondary N) is 1. The van der Waals surface area contributed by atoms with Crippen LogP contribution in [0.1, 0.15) is 39.5 Å². The summed E-state index contributed by atoms with van der Waals surface area (Å²) >= 11 is 0. The van der Waals surface area contributed by atoms with Crippen LogP contribution < -0.4 is 10.1 Å². The molecule has 3 rings (SSSR count). The number of carbonyl (C=O) groups is 2. The van der Waals surface area contributed by atoms with Crippen molar-refractivity contribution in [1.82, 2.24) is 4.98 Å². The summed E-state index contributed by atoms with van der Waals surface area (Å²) in [5.41, 5.74) is -2.73. The van der Waals surface area contributed by atoms with Gasteiger partial charge in [-0.25, -0.2) is 9.78 Å². The molecule has 0 unspecified atom stereocenters. The maximum Gasteiger partial charge on any atom is 0.416 e. The first kappa shape index (κ1) is 25.5. The fourth-order valence-electron chi connectivity index (χ4n) is 2.88. The maximum absolute atomic E-state index is 13.0. The maximum atomic E-state index is 13.0. The summed E-state index contributed by atoms with van der Waals surface area (Å²) in [5, 5.41) is 2.55. The molecule has 0 aliphatic carbocycles. The fraction of sp³-hybridized carbons (Fsp3) is 0.125. The average Bonchev–Trinajstić information content (AvgIpc) is 2.77. The molecule has 0 saturated carbocycles. The zero-order valence-electron chi connectivity index (χ0n) is 17.9. The highest BCUT2D eigenvalue weighted by atomic mass is 19.4. The normalized spacial score (nSPS) is 12.0. The van der Waals surface area contributed by atoms with E-state index in [-0.39, 0.29) is 17.7 Å². The number of halogens is 6. The lowest BCUT2D eigenvalue weighted by atomic mass is 10.0. The van der Waals surface area contributed by atoms with Crippen molar-refractivity contribution < 1.29 is 40.7 Å². The van der Waals surface area contributed by atoms with Crippen LogP contribution in [0.3, 0.4) is 0 Å². The zero-order chi connectivity index (χ0) is 25.8. The first-order chi connectivity index (χ1) is 16.3. The van der Waals surface area contributed by atoms with Gasteiger partial charge in [-0.2, -0.15) is 26.3 Å². The van der Waals surface area contributed by atoms with Crippen LogP contribution in [0.25, 0.3) is 12.2 Å². The number of rotatable bonds is 5. The van der Waals surface area contributed by atoms with Crippen molar-refractivity contribution in [3.05, 3.63) is 88.6 Å². The van der Waals surface area contributed by atoms with Crippen molar-refractivity contribution in [1.29, 1.82) is 0 Å². The Morgan fingerprint density at radius 2 is 1.40 bits per heavy atom. The van der Waals surface area contributed by atoms with Crippen LogP contribution in [0.4, 0.5) is 32.2 Å². The number of anilines is 1. The summed E-state index contributed by atoms with van der Waals surface area (Å²) in [5.74, 6) is -1.35. The SMILES string of the molecule is CC(=O)Nc1cc(/C=C/c2ccc(OC(=O)c3cc(C(F)(F)F)cc(C(F)(F)F)c3)cc2)ccn1. The standard InChI is InChI=1S/C24H16F6N2O3/c1-14(33)32-21-10-16(8-9-31-21)3-2-15-4-6-20(7-5-15)35-22(34)17-11-18(23(25,26)27)13-19(12-17)24(28,29)30/h2-13H,1H3,(H,31,32,33)/b3-2+. The summed E-state index contributed by atoms with van der Waals surface area (Å²) < 4.78 is 82.9. The lowest BCUT2D eigenvalue weighted by molar-refractivity contribution is -0.143. The van der Waals surface area contributed by atoms with Crippen LogP contribution in [0.5, 0.6) is 5.75 Å². The van der Waals surface area contributed by atoms with Gasteiger partial charge >= 0.3 is 18.3 Å². The smallest absolute Gasteiger partial charge is 0.416 e. The highest BCUT2D eigenvalue weighted by Crippen LogP contribution is 2.36. The molecule has 5 nitrogen and oxygen atoms in total. The predicted molar refractivity (Wildman–Crippen MR) is 115 cm³/mol. The summed E-state index contributed by atoms with van der Waals surface area (Å²) in [6.45, 7) is 1.35. The van der Waals surface area contributed by atoms with Crippen LogP contribution in [-0.2, 0) is 17.1 Å². The largest absolute Gasteiger partial charge is 0.423 e. The third-order valence-electron chi connectivity index (χ3n) is 4.47. The van der Waals surface area contributed by atoms with Crippen molar-refractivity contribution in [3.8, 4) is 5.75 Å². The minimum Gasteiger partial charge on any atom is -0.423 e. The molecule has 0 saturated heterocycles. The first-order valence-corrected chi connectivity index (χ1v) is 9.85. The minimum atomic E-state index is -5.08. The lowest BCUT2D eigenvalue weighted by Crippen LogP contribution is -2.15. The summed E-state index contributed by atoms with van der Waals surface area (Å²) in [7, 11) is 0. The van der Waals surface area contributed by atoms with E-state index in [4.69, 9.17) is 4.74 Å². The molecule has 2 aromatic carbocycles. The van der Waals surface area contributed by atoms with Gasteiger partial charge in [0.25, 0.3) is 0 Å². The molecule has 3 aromatic rings. The number of ether oxygens (including phenoxy) is 1. The number of carbonyl (C=O) groups excluding carboxylic acids is 2. The van der Waals surface area contributed by atoms with Gasteiger partial charge in [0.05, 0.1) is 16.7 Å². The van der Waals surface area contributed by atoms with E-state index in [0.717, 1.165) is 5.56 Å². The number of esters is 1. The van der Waals surface area contributed by atoms with Gasteiger partial charge in [0, 0.05) is 13.1 Å². The van der Waals surface area contributed by atoms with Crippen molar-refractivity contribution in [2.45, 2.75) is 19.3 Å². The van der Waals surface area contributed by atoms with Gasteiger partial charge in [0.1, 0.15) is 11.6 Å². The second-order valence-electron chi connectivity index (χ2n) is 7.24. The zero-order valence-corrected chi connectivity index (χ0v) is 17.9. The Bertz CT molecular complexity index is 1230. The van der Waals surface area contributed by atoms with E-state index in [9.17, 15) is 35.9 Å². The van der Waals surface area contributed by atoms with E-state index in [1.54, 1.807) is 24.3 Å². The molecule has 1 N–H and O–H groups in total. The number of hydrogen-bond donors (Lipinski definition) is 1. The second-order valence-corrected chi connectivity index (χ2v) is 7.24. The van der Waals surface area contributed by atoms with Gasteiger partial charge in [-0.15, -0.1) is 0 Å². The van der Waals surface area contributed by atoms with Crippen LogP contribution in [0, 0.1) is 0 Å². The van der Waals surface area contributed by atoms with E-state index >= 15 is 0 Å². The number of alkyl halides is 6. The molecule has 1 amide bonds. The molecule has 0 atom stereocenters. The molecule has 1 aromatic heterocycles. The second kappa shape index (κ2) is 10.00. The number of hydrogen-bond acceptors (Lipinski definition) is 4. The van der Waals surface area contributed by atoms with Crippen molar-refractivity contribution in [3.63, 3.8) is 0 Å². The lowest BCUT2D eigenvalue weighted by Gasteiger charge is -2.13. The van der Waals surface area contributed by atoms with E-state index in [1.165, 1.54) is 37.4 Å². The quantitative estimate of drug-likeness (QED) is 0.251. The number of pyridine rings is 1. The molecule has 0 radical (unpaired) electrons. The van der Waals surface area contributed by atoms with Crippen LogP contribution >= 0.6 is 0 Å². The van der Waals surface area contributed by atoms with E-state index in [1.807, 2.05) is 0 Å². The highest BCUT2D eigenvalue weighted by molar-refractivity contribution is 5.91. The molecule has 0 aliphatic rings. The number of nitrogens with zero attached hydrogens (tertiary/aromatic N) is 1. The molecular weight excluding hydrogens is 478 g/mol. The molecule has 11 heteroatoms. The van der Waals surface area contributed by atoms with Gasteiger partial charge < -0.3 is 10.1 Å². The third-order valence-corrected chi connectivity index (χ3v) is 4.47. The number of benzene rings is 2. The van der Waals surface area contributed by atoms with Gasteiger partial charge in [-0.3, -0.25) is 4.79 Å². The Kier molecular flexibility index (Phi) is 7.28. The molecule has 182 valence electrons. The molecule has 0 bridgehead atoms. The van der Waals surface area contributed by atoms with Gasteiger partial charge in [0.2, 0.25) is 5.91 Å². The van der Waals surface area contributed by atoms with Crippen molar-refractivity contribution in [2.75, 3.05) is 5.32 Å². The fourth-order valence-corrected chi connectivity index (χ4v) is 2.88. The van der Waals surface area contributed by atoms with Crippen molar-refractivity contribution in [2.24, 2.45) is 0 Å². The summed E-state index contributed by atoms with van der Waals surface area (Å²) in [4.78, 5) is 27.4. The van der Waals surface area contributed by atoms with E-state index in [2.05, 4.69) is 10.3 Å². The summed E-state index contributed by atoms with van der Waals surface area (Å²) in [6, 6.07) is 9.61. The number of amides is 1. The molecule has 1 heterocycles. The molecule has 35 heavy (non-hydrogen) atoms. The Morgan fingerprint density at radius 3 is 1.94 bits per heavy atom. The molecule has 0 fully saturated rings. The highest BCUT2D eigenvalue weighted by Gasteiger charge is 2.37. The number of aromatic nitrogens is 1. The van der Waals surface area contributed by atoms with Gasteiger partial charge in [-0.1, -0.05) is 24.3 Å². The van der Waals surface area contributed by atoms with Crippen LogP contribution in [-0.4, -0.2) is 16.9 Å². The molecule has 0 aliphatic heterocycles. The monoisotopic (exact) mass is 494 g/mol. The van der Waals surface area contributed by atoms with Crippen molar-refractivity contribution >= 4 is 29.8 Å².